The van der Waals surface area contributed by atoms with E-state index in [0.717, 1.165) is 0 Å². The Morgan fingerprint density at radius 3 is 2.83 bits per heavy atom. The van der Waals surface area contributed by atoms with E-state index in [1.165, 1.54) is 12.3 Å². The Balaban J connectivity index is 2.45. The fourth-order valence-corrected chi connectivity index (χ4v) is 1.44. The predicted molar refractivity (Wildman–Crippen MR) is 32.4 cm³/mol. The minimum Gasteiger partial charge on any atom is -0.289 e. The monoisotopic (exact) mass is 103 g/mol. The first-order valence-electron chi connectivity index (χ1n) is 2.07. The van der Waals surface area contributed by atoms with Gasteiger partial charge in [-0.1, -0.05) is 0 Å². The molecule has 0 bridgehead atoms. The summed E-state index contributed by atoms with van der Waals surface area (Å²) < 4.78 is 0. The molecule has 1 N–H and O–H groups in total. The molecule has 0 saturated heterocycles. The zero-order chi connectivity index (χ0) is 4.41. The van der Waals surface area contributed by atoms with Crippen LogP contribution in [0.5, 0.6) is 0 Å². The first-order valence-corrected chi connectivity index (χ1v) is 3.94. The first kappa shape index (κ1) is 4.34. The Hall–Kier alpha value is 0.180. The highest BCUT2D eigenvalue weighted by molar-refractivity contribution is 8.14. The van der Waals surface area contributed by atoms with Crippen molar-refractivity contribution in [3.05, 3.63) is 0 Å². The first-order chi connectivity index (χ1) is 2.89. The summed E-state index contributed by atoms with van der Waals surface area (Å²) in [6.07, 6.45) is 2.25. The molecule has 0 saturated carbocycles. The Morgan fingerprint density at radius 1 is 1.83 bits per heavy atom. The molecule has 0 aromatic heterocycles. The van der Waals surface area contributed by atoms with E-state index in [0.29, 0.717) is 10.5 Å². The lowest BCUT2D eigenvalue weighted by Gasteiger charge is -1.81. The summed E-state index contributed by atoms with van der Waals surface area (Å²) in [7, 11) is 0.591. The molecule has 1 aliphatic rings. The van der Waals surface area contributed by atoms with Crippen molar-refractivity contribution in [3.8, 4) is 0 Å². The second kappa shape index (κ2) is 1.76. The van der Waals surface area contributed by atoms with Gasteiger partial charge < -0.3 is 0 Å². The lowest BCUT2D eigenvalue weighted by atomic mass is 10.8. The second-order valence-electron chi connectivity index (χ2n) is 1.47. The van der Waals surface area contributed by atoms with Crippen molar-refractivity contribution in [1.29, 1.82) is 0 Å². The van der Waals surface area contributed by atoms with Crippen LogP contribution in [-0.2, 0) is 0 Å². The quantitative estimate of drug-likeness (QED) is 0.433. The average molecular weight is 103 g/mol. The molecule has 1 heterocycles. The zero-order valence-corrected chi connectivity index (χ0v) is 4.72. The normalized spacial score (nSPS) is 33.2. The van der Waals surface area contributed by atoms with Crippen molar-refractivity contribution in [1.82, 2.24) is 5.32 Å². The fourth-order valence-electron chi connectivity index (χ4n) is 0.480. The third-order valence-electron chi connectivity index (χ3n) is 0.853. The van der Waals surface area contributed by atoms with Gasteiger partial charge in [-0.25, -0.2) is 0 Å². The highest BCUT2D eigenvalue weighted by Crippen LogP contribution is 2.04. The standard InChI is InChI=1S/C4H9NS/c1-6-3-2-5-4-6/h4-5H,2-3H2,1H3. The molecule has 0 fully saturated rings. The molecule has 0 aromatic carbocycles. The van der Waals surface area contributed by atoms with Crippen molar-refractivity contribution < 1.29 is 0 Å². The summed E-state index contributed by atoms with van der Waals surface area (Å²) in [5, 5.41) is 3.16. The minimum absolute atomic E-state index is 0.591. The molecule has 2 heteroatoms. The molecular formula is C4H9NS. The van der Waals surface area contributed by atoms with Crippen molar-refractivity contribution in [2.24, 2.45) is 0 Å². The molecule has 0 radical (unpaired) electrons. The van der Waals surface area contributed by atoms with Crippen LogP contribution in [0.3, 0.4) is 0 Å². The van der Waals surface area contributed by atoms with E-state index >= 15 is 0 Å². The third kappa shape index (κ3) is 0.820. The smallest absolute Gasteiger partial charge is 0.00849 e. The van der Waals surface area contributed by atoms with E-state index in [1.807, 2.05) is 0 Å². The van der Waals surface area contributed by atoms with Gasteiger partial charge >= 0.3 is 0 Å². The van der Waals surface area contributed by atoms with Crippen LogP contribution in [0.15, 0.2) is 0 Å². The highest BCUT2D eigenvalue weighted by atomic mass is 32.2. The van der Waals surface area contributed by atoms with E-state index in [4.69, 9.17) is 0 Å². The van der Waals surface area contributed by atoms with E-state index in [1.54, 1.807) is 0 Å². The summed E-state index contributed by atoms with van der Waals surface area (Å²) in [6, 6.07) is 0. The Morgan fingerprint density at radius 2 is 2.67 bits per heavy atom. The van der Waals surface area contributed by atoms with Gasteiger partial charge in [0, 0.05) is 17.8 Å². The lowest BCUT2D eigenvalue weighted by Crippen LogP contribution is -2.04. The van der Waals surface area contributed by atoms with Gasteiger partial charge in [0.15, 0.2) is 0 Å². The number of rotatable bonds is 0. The van der Waals surface area contributed by atoms with Crippen molar-refractivity contribution in [2.75, 3.05) is 18.6 Å². The van der Waals surface area contributed by atoms with E-state index < -0.39 is 0 Å². The Bertz CT molecular complexity index is 77.6. The number of nitrogens with one attached hydrogen (secondary N) is 1. The summed E-state index contributed by atoms with van der Waals surface area (Å²) in [5.74, 6) is 1.35. The summed E-state index contributed by atoms with van der Waals surface area (Å²) in [6.45, 7) is 1.19. The summed E-state index contributed by atoms with van der Waals surface area (Å²) in [5.41, 5.74) is 2.18. The molecule has 1 aliphatic heterocycles. The van der Waals surface area contributed by atoms with Crippen LogP contribution in [-0.4, -0.2) is 24.0 Å². The second-order valence-corrected chi connectivity index (χ2v) is 3.49. The van der Waals surface area contributed by atoms with Gasteiger partial charge in [-0.2, -0.15) is 10.5 Å². The molecule has 0 aliphatic carbocycles. The van der Waals surface area contributed by atoms with Gasteiger partial charge in [0.25, 0.3) is 0 Å². The Labute approximate surface area is 40.7 Å². The number of hydrogen-bond acceptors (Lipinski definition) is 1. The molecular weight excluding hydrogens is 94.1 g/mol. The van der Waals surface area contributed by atoms with E-state index in [2.05, 4.69) is 17.1 Å². The van der Waals surface area contributed by atoms with Crippen molar-refractivity contribution in [2.45, 2.75) is 0 Å². The van der Waals surface area contributed by atoms with Crippen LogP contribution in [0.1, 0.15) is 0 Å². The van der Waals surface area contributed by atoms with Crippen LogP contribution in [0, 0.1) is 0 Å². The van der Waals surface area contributed by atoms with E-state index in [9.17, 15) is 0 Å². The van der Waals surface area contributed by atoms with Crippen molar-refractivity contribution >= 4 is 16.0 Å². The van der Waals surface area contributed by atoms with Gasteiger partial charge in [-0.15, -0.1) is 0 Å². The summed E-state index contributed by atoms with van der Waals surface area (Å²) >= 11 is 0. The fraction of sp³-hybridized carbons (Fsp3) is 0.750. The van der Waals surface area contributed by atoms with E-state index in [-0.39, 0.29) is 0 Å². The molecule has 36 valence electrons. The molecule has 1 unspecified atom stereocenters. The van der Waals surface area contributed by atoms with Gasteiger partial charge in [0.05, 0.1) is 0 Å². The van der Waals surface area contributed by atoms with Crippen LogP contribution < -0.4 is 5.32 Å². The number of hydrogen-bond donors (Lipinski definition) is 1. The predicted octanol–water partition coefficient (Wildman–Crippen LogP) is 0.248. The van der Waals surface area contributed by atoms with Gasteiger partial charge in [0.2, 0.25) is 0 Å². The molecule has 1 atom stereocenters. The van der Waals surface area contributed by atoms with Gasteiger partial charge in [-0.3, -0.25) is 5.32 Å². The SMILES string of the molecule is CS1=CNCC1. The van der Waals surface area contributed by atoms with Gasteiger partial charge in [-0.05, 0) is 6.26 Å². The highest BCUT2D eigenvalue weighted by Gasteiger charge is 1.91. The molecule has 0 aromatic rings. The largest absolute Gasteiger partial charge is 0.289 e. The summed E-state index contributed by atoms with van der Waals surface area (Å²) in [4.78, 5) is 0. The maximum Gasteiger partial charge on any atom is 0.00849 e. The van der Waals surface area contributed by atoms with Crippen LogP contribution in [0.25, 0.3) is 0 Å². The molecule has 1 rings (SSSR count). The molecule has 1 nitrogen and oxygen atoms in total. The maximum atomic E-state index is 3.16. The zero-order valence-electron chi connectivity index (χ0n) is 3.90. The Kier molecular flexibility index (Phi) is 1.27. The van der Waals surface area contributed by atoms with Gasteiger partial charge in [0.1, 0.15) is 0 Å². The molecule has 0 spiro atoms. The van der Waals surface area contributed by atoms with Crippen LogP contribution in [0.2, 0.25) is 0 Å². The van der Waals surface area contributed by atoms with Crippen LogP contribution >= 0.6 is 10.5 Å². The third-order valence-corrected chi connectivity index (χ3v) is 2.27. The maximum absolute atomic E-state index is 3.16. The minimum atomic E-state index is 0.591. The topological polar surface area (TPSA) is 12.0 Å². The average Bonchev–Trinajstić information content (AvgIpc) is 1.86. The van der Waals surface area contributed by atoms with Crippen LogP contribution in [0.4, 0.5) is 0 Å². The molecule has 0 amide bonds. The van der Waals surface area contributed by atoms with Crippen molar-refractivity contribution in [3.63, 3.8) is 0 Å². The molecule has 6 heavy (non-hydrogen) atoms. The lowest BCUT2D eigenvalue weighted by molar-refractivity contribution is 1.03.